The molecule has 0 aliphatic heterocycles. The quantitative estimate of drug-likeness (QED) is 0.505. The molecule has 0 amide bonds. The molecule has 20 heavy (non-hydrogen) atoms. The first-order chi connectivity index (χ1) is 9.74. The third-order valence-corrected chi connectivity index (χ3v) is 3.25. The van der Waals surface area contributed by atoms with Gasteiger partial charge in [0.2, 0.25) is 0 Å². The van der Waals surface area contributed by atoms with Crippen molar-refractivity contribution in [1.82, 2.24) is 10.7 Å². The maximum absolute atomic E-state index is 5.15. The van der Waals surface area contributed by atoms with Gasteiger partial charge in [0.05, 0.1) is 6.21 Å². The van der Waals surface area contributed by atoms with Crippen molar-refractivity contribution in [2.45, 2.75) is 6.54 Å². The molecule has 0 saturated carbocycles. The zero-order valence-electron chi connectivity index (χ0n) is 10.7. The van der Waals surface area contributed by atoms with Crippen molar-refractivity contribution < 1.29 is 0 Å². The fourth-order valence-electron chi connectivity index (χ4n) is 1.57. The van der Waals surface area contributed by atoms with Crippen molar-refractivity contribution in [3.05, 3.63) is 70.2 Å². The third-order valence-electron chi connectivity index (χ3n) is 2.52. The molecular weight excluding hydrogens is 334 g/mol. The Hall–Kier alpha value is -1.72. The minimum Gasteiger partial charge on any atom is -0.357 e. The van der Waals surface area contributed by atoms with Crippen LogP contribution in [0.4, 0.5) is 0 Å². The van der Waals surface area contributed by atoms with Crippen molar-refractivity contribution in [2.75, 3.05) is 0 Å². The first kappa shape index (κ1) is 14.7. The lowest BCUT2D eigenvalue weighted by atomic mass is 10.2. The molecule has 0 heterocycles. The Morgan fingerprint density at radius 1 is 1.15 bits per heavy atom. The second-order valence-electron chi connectivity index (χ2n) is 4.09. The number of nitrogens with zero attached hydrogens (tertiary/aromatic N) is 1. The van der Waals surface area contributed by atoms with E-state index in [9.17, 15) is 0 Å². The highest BCUT2D eigenvalue weighted by Crippen LogP contribution is 2.09. The molecular formula is C15H14BrN3S. The van der Waals surface area contributed by atoms with Crippen LogP contribution in [0, 0.1) is 0 Å². The number of hydrogen-bond donors (Lipinski definition) is 2. The Labute approximate surface area is 132 Å². The van der Waals surface area contributed by atoms with Crippen LogP contribution in [0.2, 0.25) is 0 Å². The standard InChI is InChI=1S/C15H14BrN3S/c16-14-8-4-7-13(9-14)11-18-19-15(20)17-10-12-5-2-1-3-6-12/h1-9,11H,10H2,(H2,17,19,20). The van der Waals surface area contributed by atoms with Gasteiger partial charge in [-0.2, -0.15) is 5.10 Å². The van der Waals surface area contributed by atoms with Crippen LogP contribution in [-0.4, -0.2) is 11.3 Å². The Balaban J connectivity index is 1.78. The molecule has 0 spiro atoms. The molecule has 0 saturated heterocycles. The lowest BCUT2D eigenvalue weighted by Gasteiger charge is -2.06. The average Bonchev–Trinajstić information content (AvgIpc) is 2.46. The molecule has 2 N–H and O–H groups in total. The van der Waals surface area contributed by atoms with E-state index in [0.717, 1.165) is 10.0 Å². The van der Waals surface area contributed by atoms with Gasteiger partial charge in [0.15, 0.2) is 5.11 Å². The van der Waals surface area contributed by atoms with Gasteiger partial charge in [0.25, 0.3) is 0 Å². The molecule has 3 nitrogen and oxygen atoms in total. The summed E-state index contributed by atoms with van der Waals surface area (Å²) in [5, 5.41) is 7.69. The molecule has 0 aromatic heterocycles. The SMILES string of the molecule is S=C(NCc1ccccc1)NN=Cc1cccc(Br)c1. The van der Waals surface area contributed by atoms with Crippen LogP contribution in [0.1, 0.15) is 11.1 Å². The van der Waals surface area contributed by atoms with Gasteiger partial charge >= 0.3 is 0 Å². The maximum atomic E-state index is 5.15. The fourth-order valence-corrected chi connectivity index (χ4v) is 2.11. The normalized spacial score (nSPS) is 10.4. The summed E-state index contributed by atoms with van der Waals surface area (Å²) in [7, 11) is 0. The van der Waals surface area contributed by atoms with Gasteiger partial charge in [-0.1, -0.05) is 58.4 Å². The molecule has 2 rings (SSSR count). The second-order valence-corrected chi connectivity index (χ2v) is 5.42. The lowest BCUT2D eigenvalue weighted by molar-refractivity contribution is 0.869. The topological polar surface area (TPSA) is 36.4 Å². The number of hydrazone groups is 1. The summed E-state index contributed by atoms with van der Waals surface area (Å²) >= 11 is 8.56. The second kappa shape index (κ2) is 7.77. The highest BCUT2D eigenvalue weighted by atomic mass is 79.9. The van der Waals surface area contributed by atoms with Crippen LogP contribution >= 0.6 is 28.1 Å². The monoisotopic (exact) mass is 347 g/mol. The van der Waals surface area contributed by atoms with E-state index >= 15 is 0 Å². The first-order valence-electron chi connectivity index (χ1n) is 6.10. The van der Waals surface area contributed by atoms with Crippen LogP contribution in [0.15, 0.2) is 64.2 Å². The van der Waals surface area contributed by atoms with Gasteiger partial charge in [-0.05, 0) is 35.5 Å². The maximum Gasteiger partial charge on any atom is 0.187 e. The molecule has 0 unspecified atom stereocenters. The van der Waals surface area contributed by atoms with Crippen molar-refractivity contribution in [3.8, 4) is 0 Å². The van der Waals surface area contributed by atoms with E-state index in [1.54, 1.807) is 6.21 Å². The van der Waals surface area contributed by atoms with Gasteiger partial charge in [0.1, 0.15) is 0 Å². The Morgan fingerprint density at radius 2 is 1.95 bits per heavy atom. The van der Waals surface area contributed by atoms with Crippen molar-refractivity contribution in [3.63, 3.8) is 0 Å². The largest absolute Gasteiger partial charge is 0.357 e. The summed E-state index contributed by atoms with van der Waals surface area (Å²) in [5.41, 5.74) is 4.97. The van der Waals surface area contributed by atoms with Gasteiger partial charge < -0.3 is 5.32 Å². The van der Waals surface area contributed by atoms with Crippen LogP contribution in [0.25, 0.3) is 0 Å². The van der Waals surface area contributed by atoms with E-state index in [1.165, 1.54) is 5.56 Å². The van der Waals surface area contributed by atoms with E-state index in [1.807, 2.05) is 54.6 Å². The summed E-state index contributed by atoms with van der Waals surface area (Å²) in [6, 6.07) is 17.9. The first-order valence-corrected chi connectivity index (χ1v) is 7.30. The molecule has 5 heteroatoms. The van der Waals surface area contributed by atoms with Crippen LogP contribution in [0.5, 0.6) is 0 Å². The minimum atomic E-state index is 0.500. The number of hydrogen-bond acceptors (Lipinski definition) is 2. The summed E-state index contributed by atoms with van der Waals surface area (Å²) in [6.07, 6.45) is 1.72. The lowest BCUT2D eigenvalue weighted by Crippen LogP contribution is -2.31. The van der Waals surface area contributed by atoms with Crippen LogP contribution in [-0.2, 0) is 6.54 Å². The van der Waals surface area contributed by atoms with E-state index in [2.05, 4.69) is 31.8 Å². The molecule has 2 aromatic rings. The molecule has 0 radical (unpaired) electrons. The number of benzene rings is 2. The van der Waals surface area contributed by atoms with Crippen molar-refractivity contribution in [2.24, 2.45) is 5.10 Å². The van der Waals surface area contributed by atoms with Gasteiger partial charge in [-0.15, -0.1) is 0 Å². The predicted molar refractivity (Wildman–Crippen MR) is 90.8 cm³/mol. The van der Waals surface area contributed by atoms with Crippen molar-refractivity contribution in [1.29, 1.82) is 0 Å². The Bertz CT molecular complexity index is 599. The fraction of sp³-hybridized carbons (Fsp3) is 0.0667. The van der Waals surface area contributed by atoms with Gasteiger partial charge in [0, 0.05) is 11.0 Å². The number of thiocarbonyl (C=S) groups is 1. The molecule has 102 valence electrons. The third kappa shape index (κ3) is 5.11. The molecule has 0 atom stereocenters. The number of rotatable bonds is 4. The highest BCUT2D eigenvalue weighted by molar-refractivity contribution is 9.10. The van der Waals surface area contributed by atoms with E-state index in [0.29, 0.717) is 11.7 Å². The van der Waals surface area contributed by atoms with Gasteiger partial charge in [-0.25, -0.2) is 0 Å². The van der Waals surface area contributed by atoms with E-state index in [4.69, 9.17) is 12.2 Å². The van der Waals surface area contributed by atoms with E-state index in [-0.39, 0.29) is 0 Å². The average molecular weight is 348 g/mol. The van der Waals surface area contributed by atoms with E-state index < -0.39 is 0 Å². The molecule has 0 fully saturated rings. The summed E-state index contributed by atoms with van der Waals surface area (Å²) in [6.45, 7) is 0.680. The summed E-state index contributed by atoms with van der Waals surface area (Å²) in [5.74, 6) is 0. The van der Waals surface area contributed by atoms with Crippen LogP contribution in [0.3, 0.4) is 0 Å². The predicted octanol–water partition coefficient (Wildman–Crippen LogP) is 3.45. The summed E-state index contributed by atoms with van der Waals surface area (Å²) < 4.78 is 1.02. The molecule has 0 aliphatic rings. The zero-order valence-corrected chi connectivity index (χ0v) is 13.1. The number of nitrogens with one attached hydrogen (secondary N) is 2. The molecule has 2 aromatic carbocycles. The van der Waals surface area contributed by atoms with Crippen molar-refractivity contribution >= 4 is 39.5 Å². The Kier molecular flexibility index (Phi) is 5.70. The zero-order chi connectivity index (χ0) is 14.2. The minimum absolute atomic E-state index is 0.500. The summed E-state index contributed by atoms with van der Waals surface area (Å²) in [4.78, 5) is 0. The van der Waals surface area contributed by atoms with Gasteiger partial charge in [-0.3, -0.25) is 5.43 Å². The molecule has 0 bridgehead atoms. The number of halogens is 1. The molecule has 0 aliphatic carbocycles. The van der Waals surface area contributed by atoms with Crippen LogP contribution < -0.4 is 10.7 Å². The Morgan fingerprint density at radius 3 is 2.70 bits per heavy atom. The smallest absolute Gasteiger partial charge is 0.187 e. The highest BCUT2D eigenvalue weighted by Gasteiger charge is 1.94.